The number of amides is 1. The van der Waals surface area contributed by atoms with Crippen molar-refractivity contribution < 1.29 is 55.1 Å². The van der Waals surface area contributed by atoms with Crippen LogP contribution in [0.3, 0.4) is 0 Å². The molecule has 0 aromatic carbocycles. The maximum atomic E-state index is 12.2. The molecule has 9 unspecified atom stereocenters. The Kier molecular flexibility index (Phi) is 14.5. The van der Waals surface area contributed by atoms with Crippen molar-refractivity contribution in [3.8, 4) is 0 Å². The summed E-state index contributed by atoms with van der Waals surface area (Å²) in [5.74, 6) is -0.916. The van der Waals surface area contributed by atoms with Crippen molar-refractivity contribution in [2.24, 2.45) is 0 Å². The van der Waals surface area contributed by atoms with Gasteiger partial charge in [-0.15, -0.1) is 0 Å². The molecule has 12 heteroatoms. The van der Waals surface area contributed by atoms with Crippen LogP contribution in [0.5, 0.6) is 0 Å². The van der Waals surface area contributed by atoms with E-state index in [4.69, 9.17) is 9.47 Å². The molecule has 12 nitrogen and oxygen atoms in total. The molecule has 0 saturated carbocycles. The number of unbranched alkanes of at least 4 members (excludes halogenated alkanes) is 6. The zero-order chi connectivity index (χ0) is 25.0. The highest BCUT2D eigenvalue weighted by Gasteiger charge is 2.47. The molecule has 0 spiro atoms. The second-order valence-corrected chi connectivity index (χ2v) is 8.40. The van der Waals surface area contributed by atoms with Crippen molar-refractivity contribution in [1.82, 2.24) is 5.32 Å². The molecule has 0 aromatic rings. The Morgan fingerprint density at radius 3 is 2.12 bits per heavy atom. The summed E-state index contributed by atoms with van der Waals surface area (Å²) < 4.78 is 10.4. The second-order valence-electron chi connectivity index (χ2n) is 8.40. The van der Waals surface area contributed by atoms with Crippen molar-refractivity contribution in [2.45, 2.75) is 107 Å². The summed E-state index contributed by atoms with van der Waals surface area (Å²) in [4.78, 5) is 12.2. The van der Waals surface area contributed by atoms with Gasteiger partial charge in [0.2, 0.25) is 0 Å². The number of hydrogen-bond donors (Lipinski definition) is 9. The molecule has 1 aliphatic heterocycles. The number of ether oxygens (including phenoxy) is 2. The molecular formula is C21H41NO11. The lowest BCUT2D eigenvalue weighted by molar-refractivity contribution is -0.326. The molecule has 1 rings (SSSR count). The van der Waals surface area contributed by atoms with Gasteiger partial charge in [0.15, 0.2) is 12.4 Å². The van der Waals surface area contributed by atoms with Crippen LogP contribution in [-0.2, 0) is 14.3 Å². The largest absolute Gasteiger partial charge is 0.394 e. The van der Waals surface area contributed by atoms with E-state index in [2.05, 4.69) is 12.2 Å². The minimum absolute atomic E-state index is 0.275. The first kappa shape index (κ1) is 30.1. The van der Waals surface area contributed by atoms with Crippen LogP contribution >= 0.6 is 0 Å². The van der Waals surface area contributed by atoms with Crippen LogP contribution in [0.2, 0.25) is 0 Å². The molecule has 0 aliphatic carbocycles. The average Bonchev–Trinajstić information content (AvgIpc) is 2.82. The van der Waals surface area contributed by atoms with Gasteiger partial charge < -0.3 is 55.6 Å². The number of aliphatic hydroxyl groups excluding tert-OH is 8. The molecule has 1 fully saturated rings. The Hall–Kier alpha value is -0.930. The molecule has 196 valence electrons. The lowest BCUT2D eigenvalue weighted by atomic mass is 9.98. The molecule has 33 heavy (non-hydrogen) atoms. The summed E-state index contributed by atoms with van der Waals surface area (Å²) in [5.41, 5.74) is 0. The van der Waals surface area contributed by atoms with Crippen molar-refractivity contribution in [2.75, 3.05) is 19.8 Å². The third-order valence-corrected chi connectivity index (χ3v) is 5.71. The van der Waals surface area contributed by atoms with Gasteiger partial charge in [0.05, 0.1) is 13.2 Å². The molecule has 1 heterocycles. The van der Waals surface area contributed by atoms with Crippen molar-refractivity contribution in [1.29, 1.82) is 0 Å². The average molecular weight is 484 g/mol. The van der Waals surface area contributed by atoms with Crippen molar-refractivity contribution in [3.05, 3.63) is 0 Å². The molecule has 9 atom stereocenters. The fourth-order valence-electron chi connectivity index (χ4n) is 3.57. The number of rotatable bonds is 16. The first-order valence-corrected chi connectivity index (χ1v) is 11.6. The number of nitrogens with one attached hydrogen (secondary N) is 1. The molecule has 1 saturated heterocycles. The summed E-state index contributed by atoms with van der Waals surface area (Å²) >= 11 is 0. The van der Waals surface area contributed by atoms with Crippen LogP contribution in [0.15, 0.2) is 0 Å². The SMILES string of the molecule is CCCCCCCCCNC(=O)C(O)C(O)C(OC1OC(CO)C(O)C(O)C1O)C(O)CO. The smallest absolute Gasteiger partial charge is 0.251 e. The zero-order valence-electron chi connectivity index (χ0n) is 19.1. The normalized spacial score (nSPS) is 29.3. The summed E-state index contributed by atoms with van der Waals surface area (Å²) in [6, 6.07) is 0. The monoisotopic (exact) mass is 483 g/mol. The number of carbonyl (C=O) groups is 1. The Morgan fingerprint density at radius 1 is 0.939 bits per heavy atom. The van der Waals surface area contributed by atoms with Gasteiger partial charge >= 0.3 is 0 Å². The van der Waals surface area contributed by atoms with E-state index in [9.17, 15) is 45.6 Å². The van der Waals surface area contributed by atoms with Gasteiger partial charge in [0.1, 0.15) is 42.7 Å². The summed E-state index contributed by atoms with van der Waals surface area (Å²) in [6.07, 6.45) is -8.78. The molecule has 0 radical (unpaired) electrons. The van der Waals surface area contributed by atoms with Gasteiger partial charge in [-0.2, -0.15) is 0 Å². The lowest BCUT2D eigenvalue weighted by Gasteiger charge is -2.42. The van der Waals surface area contributed by atoms with Crippen LogP contribution in [0.25, 0.3) is 0 Å². The van der Waals surface area contributed by atoms with Gasteiger partial charge in [0, 0.05) is 6.54 Å². The quantitative estimate of drug-likeness (QED) is 0.102. The summed E-state index contributed by atoms with van der Waals surface area (Å²) in [7, 11) is 0. The van der Waals surface area contributed by atoms with Gasteiger partial charge in [-0.3, -0.25) is 4.79 Å². The van der Waals surface area contributed by atoms with Gasteiger partial charge in [-0.05, 0) is 6.42 Å². The molecule has 9 N–H and O–H groups in total. The van der Waals surface area contributed by atoms with Crippen LogP contribution < -0.4 is 5.32 Å². The fourth-order valence-corrected chi connectivity index (χ4v) is 3.57. The molecular weight excluding hydrogens is 442 g/mol. The van der Waals surface area contributed by atoms with E-state index in [-0.39, 0.29) is 6.54 Å². The van der Waals surface area contributed by atoms with Crippen LogP contribution in [-0.4, -0.2) is 122 Å². The van der Waals surface area contributed by atoms with E-state index in [0.29, 0.717) is 6.42 Å². The van der Waals surface area contributed by atoms with E-state index in [1.807, 2.05) is 0 Å². The second kappa shape index (κ2) is 15.9. The highest BCUT2D eigenvalue weighted by Crippen LogP contribution is 2.25. The van der Waals surface area contributed by atoms with Crippen LogP contribution in [0.1, 0.15) is 51.9 Å². The Bertz CT molecular complexity index is 538. The van der Waals surface area contributed by atoms with Crippen LogP contribution in [0.4, 0.5) is 0 Å². The van der Waals surface area contributed by atoms with Gasteiger partial charge in [-0.1, -0.05) is 45.4 Å². The predicted molar refractivity (Wildman–Crippen MR) is 115 cm³/mol. The molecule has 1 amide bonds. The van der Waals surface area contributed by atoms with Gasteiger partial charge in [-0.25, -0.2) is 0 Å². The third-order valence-electron chi connectivity index (χ3n) is 5.71. The van der Waals surface area contributed by atoms with E-state index in [0.717, 1.165) is 32.1 Å². The van der Waals surface area contributed by atoms with Crippen LogP contribution in [0, 0.1) is 0 Å². The minimum atomic E-state index is -2.04. The standard InChI is InChI=1S/C21H41NO11/c1-2-3-4-5-6-7-8-9-22-20(31)17(29)16(28)19(12(25)10-23)33-21-18(30)15(27)14(26)13(11-24)32-21/h12-19,21,23-30H,2-11H2,1H3,(H,22,31). The third kappa shape index (κ3) is 9.32. The van der Waals surface area contributed by atoms with E-state index in [1.54, 1.807) is 0 Å². The Morgan fingerprint density at radius 2 is 1.55 bits per heavy atom. The molecule has 0 aromatic heterocycles. The fraction of sp³-hybridized carbons (Fsp3) is 0.952. The predicted octanol–water partition coefficient (Wildman–Crippen LogP) is -2.89. The first-order valence-electron chi connectivity index (χ1n) is 11.6. The zero-order valence-corrected chi connectivity index (χ0v) is 19.1. The molecule has 0 bridgehead atoms. The highest BCUT2D eigenvalue weighted by atomic mass is 16.7. The topological polar surface area (TPSA) is 209 Å². The first-order chi connectivity index (χ1) is 15.7. The molecule has 1 aliphatic rings. The number of carbonyl (C=O) groups excluding carboxylic acids is 1. The Labute approximate surface area is 193 Å². The van der Waals surface area contributed by atoms with E-state index < -0.39 is 74.2 Å². The number of aliphatic hydroxyl groups is 8. The van der Waals surface area contributed by atoms with Gasteiger partial charge in [0.25, 0.3) is 5.91 Å². The minimum Gasteiger partial charge on any atom is -0.394 e. The summed E-state index contributed by atoms with van der Waals surface area (Å²) in [6.45, 7) is 0.751. The van der Waals surface area contributed by atoms with Crippen molar-refractivity contribution in [3.63, 3.8) is 0 Å². The van der Waals surface area contributed by atoms with E-state index in [1.165, 1.54) is 6.42 Å². The Balaban J connectivity index is 2.63. The summed E-state index contributed by atoms with van der Waals surface area (Å²) in [5, 5.41) is 81.5. The van der Waals surface area contributed by atoms with E-state index >= 15 is 0 Å². The highest BCUT2D eigenvalue weighted by molar-refractivity contribution is 5.81. The number of hydrogen-bond acceptors (Lipinski definition) is 11. The maximum absolute atomic E-state index is 12.2. The maximum Gasteiger partial charge on any atom is 0.251 e. The lowest BCUT2D eigenvalue weighted by Crippen LogP contribution is -2.62. The van der Waals surface area contributed by atoms with Crippen molar-refractivity contribution >= 4 is 5.91 Å².